The first-order valence-electron chi connectivity index (χ1n) is 11.5. The molecule has 0 aliphatic carbocycles. The fourth-order valence-electron chi connectivity index (χ4n) is 4.10. The maximum absolute atomic E-state index is 12.8. The number of para-hydroxylation sites is 1. The number of alkyl halides is 3. The minimum Gasteiger partial charge on any atom is -0.496 e. The van der Waals surface area contributed by atoms with Gasteiger partial charge < -0.3 is 29.0 Å². The molecular weight excluding hydrogens is 477 g/mol. The number of hydrogen-bond acceptors (Lipinski definition) is 6. The van der Waals surface area contributed by atoms with Crippen LogP contribution in [0, 0.1) is 6.92 Å². The van der Waals surface area contributed by atoms with Crippen molar-refractivity contribution in [2.45, 2.75) is 26.3 Å². The van der Waals surface area contributed by atoms with E-state index in [9.17, 15) is 18.0 Å². The molecular formula is C25H27F3N4O4. The molecule has 3 aromatic rings. The van der Waals surface area contributed by atoms with Crippen molar-refractivity contribution in [3.8, 4) is 22.8 Å². The zero-order valence-electron chi connectivity index (χ0n) is 20.0. The molecule has 1 fully saturated rings. The lowest BCUT2D eigenvalue weighted by Crippen LogP contribution is -2.41. The minimum absolute atomic E-state index is 0.0783. The summed E-state index contributed by atoms with van der Waals surface area (Å²) in [5.74, 6) is 1.52. The van der Waals surface area contributed by atoms with Crippen molar-refractivity contribution in [1.82, 2.24) is 15.2 Å². The Hall–Kier alpha value is -3.89. The van der Waals surface area contributed by atoms with E-state index in [0.717, 1.165) is 24.2 Å². The van der Waals surface area contributed by atoms with Gasteiger partial charge in [-0.3, -0.25) is 0 Å². The number of carbonyl (C=O) groups excluding carboxylic acids is 1. The largest absolute Gasteiger partial charge is 0.573 e. The predicted molar refractivity (Wildman–Crippen MR) is 127 cm³/mol. The Labute approximate surface area is 206 Å². The summed E-state index contributed by atoms with van der Waals surface area (Å²) in [5.41, 5.74) is 1.99. The second-order valence-electron chi connectivity index (χ2n) is 8.27. The van der Waals surface area contributed by atoms with E-state index >= 15 is 0 Å². The number of anilines is 1. The minimum atomic E-state index is -4.80. The SMILES string of the molecule is COc1cc(N2CCCN(C(=O)NCc3ccccc3OC(F)(F)F)CC2)ccc1-c1cnc(C)o1. The standard InChI is InChI=1S/C25H27F3N4O4/c1-17-29-16-23(35-17)20-9-8-19(14-22(20)34-2)31-10-5-11-32(13-12-31)24(33)30-15-18-6-3-4-7-21(18)36-25(26,27)28/h3-4,6-9,14,16H,5,10-13,15H2,1-2H3,(H,30,33). The molecule has 1 aliphatic rings. The van der Waals surface area contributed by atoms with E-state index < -0.39 is 6.36 Å². The highest BCUT2D eigenvalue weighted by molar-refractivity contribution is 5.74. The number of methoxy groups -OCH3 is 1. The second-order valence-corrected chi connectivity index (χ2v) is 8.27. The average molecular weight is 505 g/mol. The molecule has 2 amide bonds. The monoisotopic (exact) mass is 504 g/mol. The number of oxazole rings is 1. The molecule has 0 atom stereocenters. The summed E-state index contributed by atoms with van der Waals surface area (Å²) in [6, 6.07) is 11.2. The predicted octanol–water partition coefficient (Wildman–Crippen LogP) is 4.98. The summed E-state index contributed by atoms with van der Waals surface area (Å²) in [6.07, 6.45) is -2.42. The van der Waals surface area contributed by atoms with Crippen LogP contribution in [-0.4, -0.2) is 55.6 Å². The van der Waals surface area contributed by atoms with Crippen LogP contribution in [0.3, 0.4) is 0 Å². The number of hydrogen-bond donors (Lipinski definition) is 1. The normalized spacial score (nSPS) is 14.4. The third-order valence-electron chi connectivity index (χ3n) is 5.85. The van der Waals surface area contributed by atoms with Gasteiger partial charge in [-0.25, -0.2) is 9.78 Å². The molecule has 11 heteroatoms. The van der Waals surface area contributed by atoms with Gasteiger partial charge in [-0.15, -0.1) is 13.2 Å². The number of ether oxygens (including phenoxy) is 2. The number of nitrogens with one attached hydrogen (secondary N) is 1. The fraction of sp³-hybridized carbons (Fsp3) is 0.360. The van der Waals surface area contributed by atoms with Crippen LogP contribution in [0.15, 0.2) is 53.1 Å². The summed E-state index contributed by atoms with van der Waals surface area (Å²) in [6.45, 7) is 4.00. The van der Waals surface area contributed by atoms with Crippen LogP contribution in [0.1, 0.15) is 17.9 Å². The smallest absolute Gasteiger partial charge is 0.496 e. The van der Waals surface area contributed by atoms with Gasteiger partial charge in [-0.2, -0.15) is 0 Å². The van der Waals surface area contributed by atoms with Crippen molar-refractivity contribution in [3.05, 3.63) is 60.1 Å². The number of nitrogens with zero attached hydrogens (tertiary/aromatic N) is 3. The quantitative estimate of drug-likeness (QED) is 0.510. The first kappa shape index (κ1) is 25.2. The maximum Gasteiger partial charge on any atom is 0.573 e. The highest BCUT2D eigenvalue weighted by Crippen LogP contribution is 2.34. The molecule has 1 aromatic heterocycles. The van der Waals surface area contributed by atoms with Crippen molar-refractivity contribution < 1.29 is 31.9 Å². The number of carbonyl (C=O) groups is 1. The average Bonchev–Trinajstić information content (AvgIpc) is 3.12. The van der Waals surface area contributed by atoms with Gasteiger partial charge in [0.2, 0.25) is 0 Å². The lowest BCUT2D eigenvalue weighted by molar-refractivity contribution is -0.274. The number of amides is 2. The summed E-state index contributed by atoms with van der Waals surface area (Å²) in [7, 11) is 1.60. The number of rotatable bonds is 6. The van der Waals surface area contributed by atoms with Crippen LogP contribution < -0.4 is 19.7 Å². The van der Waals surface area contributed by atoms with Crippen LogP contribution in [-0.2, 0) is 6.54 Å². The van der Waals surface area contributed by atoms with Gasteiger partial charge in [0.25, 0.3) is 0 Å². The molecule has 192 valence electrons. The van der Waals surface area contributed by atoms with Gasteiger partial charge in [-0.05, 0) is 24.6 Å². The van der Waals surface area contributed by atoms with E-state index in [2.05, 4.69) is 19.9 Å². The number of urea groups is 1. The number of benzene rings is 2. The Balaban J connectivity index is 1.37. The van der Waals surface area contributed by atoms with Crippen molar-refractivity contribution in [3.63, 3.8) is 0 Å². The molecule has 0 radical (unpaired) electrons. The molecule has 0 saturated carbocycles. The van der Waals surface area contributed by atoms with Crippen LogP contribution >= 0.6 is 0 Å². The molecule has 0 spiro atoms. The van der Waals surface area contributed by atoms with Crippen LogP contribution in [0.5, 0.6) is 11.5 Å². The zero-order chi connectivity index (χ0) is 25.7. The highest BCUT2D eigenvalue weighted by Gasteiger charge is 2.32. The Morgan fingerprint density at radius 2 is 1.92 bits per heavy atom. The number of halogens is 3. The van der Waals surface area contributed by atoms with E-state index in [1.807, 2.05) is 18.2 Å². The topological polar surface area (TPSA) is 80.1 Å². The van der Waals surface area contributed by atoms with Gasteiger partial charge in [0.1, 0.15) is 11.5 Å². The van der Waals surface area contributed by atoms with Gasteiger partial charge in [0.05, 0.1) is 18.9 Å². The third-order valence-corrected chi connectivity index (χ3v) is 5.85. The summed E-state index contributed by atoms with van der Waals surface area (Å²) in [4.78, 5) is 20.7. The molecule has 1 saturated heterocycles. The Morgan fingerprint density at radius 3 is 2.64 bits per heavy atom. The first-order valence-corrected chi connectivity index (χ1v) is 11.5. The van der Waals surface area contributed by atoms with Gasteiger partial charge >= 0.3 is 12.4 Å². The number of aromatic nitrogens is 1. The van der Waals surface area contributed by atoms with Crippen molar-refractivity contribution in [1.29, 1.82) is 0 Å². The van der Waals surface area contributed by atoms with E-state index in [1.165, 1.54) is 18.2 Å². The summed E-state index contributed by atoms with van der Waals surface area (Å²) < 4.78 is 53.2. The molecule has 36 heavy (non-hydrogen) atoms. The van der Waals surface area contributed by atoms with Gasteiger partial charge in [0.15, 0.2) is 11.7 Å². The van der Waals surface area contributed by atoms with Crippen LogP contribution in [0.25, 0.3) is 11.3 Å². The molecule has 2 aromatic carbocycles. The van der Waals surface area contributed by atoms with E-state index in [4.69, 9.17) is 9.15 Å². The Morgan fingerprint density at radius 1 is 1.11 bits per heavy atom. The van der Waals surface area contributed by atoms with E-state index in [0.29, 0.717) is 37.0 Å². The summed E-state index contributed by atoms with van der Waals surface area (Å²) in [5, 5.41) is 2.71. The van der Waals surface area contributed by atoms with Crippen molar-refractivity contribution >= 4 is 11.7 Å². The molecule has 4 rings (SSSR count). The second kappa shape index (κ2) is 10.8. The Bertz CT molecular complexity index is 1200. The molecule has 1 N–H and O–H groups in total. The fourth-order valence-corrected chi connectivity index (χ4v) is 4.10. The van der Waals surface area contributed by atoms with Crippen LogP contribution in [0.4, 0.5) is 23.7 Å². The lowest BCUT2D eigenvalue weighted by atomic mass is 10.1. The molecule has 0 unspecified atom stereocenters. The number of aryl methyl sites for hydroxylation is 1. The third kappa shape index (κ3) is 6.21. The maximum atomic E-state index is 12.8. The van der Waals surface area contributed by atoms with Crippen molar-refractivity contribution in [2.75, 3.05) is 38.2 Å². The summed E-state index contributed by atoms with van der Waals surface area (Å²) >= 11 is 0. The van der Waals surface area contributed by atoms with Crippen molar-refractivity contribution in [2.24, 2.45) is 0 Å². The lowest BCUT2D eigenvalue weighted by Gasteiger charge is -2.25. The zero-order valence-corrected chi connectivity index (χ0v) is 20.0. The molecule has 1 aliphatic heterocycles. The Kier molecular flexibility index (Phi) is 7.56. The van der Waals surface area contributed by atoms with E-state index in [-0.39, 0.29) is 23.9 Å². The first-order chi connectivity index (χ1) is 17.2. The highest BCUT2D eigenvalue weighted by atomic mass is 19.4. The van der Waals surface area contributed by atoms with Crippen LogP contribution in [0.2, 0.25) is 0 Å². The molecule has 8 nitrogen and oxygen atoms in total. The molecule has 2 heterocycles. The van der Waals surface area contributed by atoms with Gasteiger partial charge in [-0.1, -0.05) is 18.2 Å². The molecule has 0 bridgehead atoms. The van der Waals surface area contributed by atoms with Gasteiger partial charge in [0, 0.05) is 57.0 Å². The van der Waals surface area contributed by atoms with E-state index in [1.54, 1.807) is 31.2 Å².